The molecule has 1 aliphatic rings. The number of carbonyl (C=O) groups is 1. The summed E-state index contributed by atoms with van der Waals surface area (Å²) in [4.78, 5) is 15.5. The van der Waals surface area contributed by atoms with Crippen LogP contribution in [0, 0.1) is 0 Å². The highest BCUT2D eigenvalue weighted by atomic mass is 32.2. The summed E-state index contributed by atoms with van der Waals surface area (Å²) in [6.07, 6.45) is 1.19. The van der Waals surface area contributed by atoms with Crippen molar-refractivity contribution in [2.45, 2.75) is 23.9 Å². The lowest BCUT2D eigenvalue weighted by Gasteiger charge is -2.37. The van der Waals surface area contributed by atoms with Gasteiger partial charge in [0.15, 0.2) is 9.84 Å². The molecule has 0 fully saturated rings. The number of carbonyl (C=O) groups excluding carboxylic acids is 1. The van der Waals surface area contributed by atoms with Crippen LogP contribution < -0.4 is 15.0 Å². The van der Waals surface area contributed by atoms with Crippen molar-refractivity contribution in [3.8, 4) is 5.75 Å². The van der Waals surface area contributed by atoms with E-state index in [1.807, 2.05) is 61.5 Å². The average Bonchev–Trinajstić information content (AvgIpc) is 2.81. The number of nitrogens with zero attached hydrogens (tertiary/aromatic N) is 1. The zero-order chi connectivity index (χ0) is 22.7. The van der Waals surface area contributed by atoms with Gasteiger partial charge in [-0.3, -0.25) is 9.69 Å². The van der Waals surface area contributed by atoms with Crippen LogP contribution in [0.25, 0.3) is 0 Å². The van der Waals surface area contributed by atoms with Gasteiger partial charge in [0.1, 0.15) is 12.4 Å². The Morgan fingerprint density at radius 2 is 1.69 bits per heavy atom. The predicted octanol–water partition coefficient (Wildman–Crippen LogP) is 3.91. The summed E-state index contributed by atoms with van der Waals surface area (Å²) >= 11 is 0. The molecule has 3 aromatic rings. The number of anilines is 1. The Labute approximate surface area is 188 Å². The number of benzene rings is 3. The van der Waals surface area contributed by atoms with E-state index in [1.165, 1.54) is 6.26 Å². The molecule has 0 aromatic heterocycles. The van der Waals surface area contributed by atoms with E-state index >= 15 is 0 Å². The zero-order valence-electron chi connectivity index (χ0n) is 18.1. The van der Waals surface area contributed by atoms with Crippen molar-refractivity contribution >= 4 is 21.4 Å². The quantitative estimate of drug-likeness (QED) is 0.616. The number of rotatable bonds is 6. The normalized spacial score (nSPS) is 16.7. The van der Waals surface area contributed by atoms with Crippen molar-refractivity contribution in [3.05, 3.63) is 90.0 Å². The Hall–Kier alpha value is -3.16. The molecule has 166 valence electrons. The molecule has 4 rings (SSSR count). The summed E-state index contributed by atoms with van der Waals surface area (Å²) < 4.78 is 29.3. The summed E-state index contributed by atoms with van der Waals surface area (Å²) in [5.41, 5.74) is 2.68. The summed E-state index contributed by atoms with van der Waals surface area (Å²) in [5.74, 6) is 0.631. The molecule has 0 saturated heterocycles. The fourth-order valence-corrected chi connectivity index (χ4v) is 4.50. The second kappa shape index (κ2) is 9.14. The highest BCUT2D eigenvalue weighted by molar-refractivity contribution is 7.90. The Kier molecular flexibility index (Phi) is 6.30. The van der Waals surface area contributed by atoms with Gasteiger partial charge in [-0.05, 0) is 42.3 Å². The predicted molar refractivity (Wildman–Crippen MR) is 125 cm³/mol. The summed E-state index contributed by atoms with van der Waals surface area (Å²) in [6.45, 7) is 2.46. The maximum Gasteiger partial charge on any atom is 0.241 e. The number of fused-ring (bicyclic) bond motifs is 1. The molecular weight excluding hydrogens is 424 g/mol. The molecule has 1 N–H and O–H groups in total. The van der Waals surface area contributed by atoms with E-state index in [-0.39, 0.29) is 29.4 Å². The van der Waals surface area contributed by atoms with Crippen LogP contribution in [0.3, 0.4) is 0 Å². The van der Waals surface area contributed by atoms with Crippen molar-refractivity contribution in [1.29, 1.82) is 0 Å². The molecule has 1 amide bonds. The Bertz CT molecular complexity index is 1190. The van der Waals surface area contributed by atoms with Crippen LogP contribution in [-0.4, -0.2) is 33.7 Å². The van der Waals surface area contributed by atoms with Gasteiger partial charge in [0.25, 0.3) is 0 Å². The van der Waals surface area contributed by atoms with Gasteiger partial charge in [0.05, 0.1) is 23.2 Å². The smallest absolute Gasteiger partial charge is 0.241 e. The van der Waals surface area contributed by atoms with E-state index in [4.69, 9.17) is 4.74 Å². The monoisotopic (exact) mass is 450 g/mol. The third kappa shape index (κ3) is 4.69. The molecule has 1 aliphatic heterocycles. The van der Waals surface area contributed by atoms with E-state index < -0.39 is 9.84 Å². The highest BCUT2D eigenvalue weighted by Gasteiger charge is 2.33. The summed E-state index contributed by atoms with van der Waals surface area (Å²) in [6, 6.07) is 23.8. The highest BCUT2D eigenvalue weighted by Crippen LogP contribution is 2.39. The van der Waals surface area contributed by atoms with Gasteiger partial charge in [-0.1, -0.05) is 54.6 Å². The van der Waals surface area contributed by atoms with Crippen molar-refractivity contribution in [2.24, 2.45) is 0 Å². The topological polar surface area (TPSA) is 75.7 Å². The maximum atomic E-state index is 13.4. The largest absolute Gasteiger partial charge is 0.489 e. The third-order valence-electron chi connectivity index (χ3n) is 5.65. The molecule has 3 aromatic carbocycles. The molecule has 0 aliphatic carbocycles. The van der Waals surface area contributed by atoms with Crippen LogP contribution >= 0.6 is 0 Å². The molecule has 6 nitrogen and oxygen atoms in total. The number of nitrogens with one attached hydrogen (secondary N) is 1. The number of hydrogen-bond donors (Lipinski definition) is 1. The van der Waals surface area contributed by atoms with Crippen LogP contribution in [0.4, 0.5) is 5.69 Å². The van der Waals surface area contributed by atoms with Crippen LogP contribution in [0.1, 0.15) is 30.1 Å². The molecule has 0 spiro atoms. The fraction of sp³-hybridized carbons (Fsp3) is 0.240. The molecule has 32 heavy (non-hydrogen) atoms. The fourth-order valence-electron chi connectivity index (χ4n) is 3.87. The van der Waals surface area contributed by atoms with Gasteiger partial charge in [0.2, 0.25) is 5.91 Å². The number of ether oxygens (including phenoxy) is 1. The molecule has 1 heterocycles. The molecule has 2 atom stereocenters. The van der Waals surface area contributed by atoms with Crippen molar-refractivity contribution in [3.63, 3.8) is 0 Å². The summed E-state index contributed by atoms with van der Waals surface area (Å²) in [7, 11) is -3.24. The minimum Gasteiger partial charge on any atom is -0.489 e. The SMILES string of the molecule is C[C@H](NCC(=O)N1c2ccccc2OC[C@@H]1c1ccccc1)c1ccc(S(C)(=O)=O)cc1. The molecule has 0 unspecified atom stereocenters. The maximum absolute atomic E-state index is 13.4. The van der Waals surface area contributed by atoms with Crippen LogP contribution in [0.2, 0.25) is 0 Å². The van der Waals surface area contributed by atoms with Crippen molar-refractivity contribution < 1.29 is 17.9 Å². The number of amides is 1. The first kappa shape index (κ1) is 22.0. The van der Waals surface area contributed by atoms with Crippen LogP contribution in [0.15, 0.2) is 83.8 Å². The van der Waals surface area contributed by atoms with Crippen LogP contribution in [-0.2, 0) is 14.6 Å². The van der Waals surface area contributed by atoms with Crippen molar-refractivity contribution in [1.82, 2.24) is 5.32 Å². The Morgan fingerprint density at radius 1 is 1.03 bits per heavy atom. The lowest BCUT2D eigenvalue weighted by molar-refractivity contribution is -0.118. The second-order valence-corrected chi connectivity index (χ2v) is 9.93. The van der Waals surface area contributed by atoms with Crippen molar-refractivity contribution in [2.75, 3.05) is 24.3 Å². The molecular formula is C25H26N2O4S. The zero-order valence-corrected chi connectivity index (χ0v) is 18.9. The molecule has 0 bridgehead atoms. The number of para-hydroxylation sites is 2. The first-order valence-corrected chi connectivity index (χ1v) is 12.4. The van der Waals surface area contributed by atoms with E-state index in [0.29, 0.717) is 12.4 Å². The van der Waals surface area contributed by atoms with Gasteiger partial charge in [0, 0.05) is 12.3 Å². The lowest BCUT2D eigenvalue weighted by Crippen LogP contribution is -2.45. The third-order valence-corrected chi connectivity index (χ3v) is 6.78. The lowest BCUT2D eigenvalue weighted by atomic mass is 10.0. The standard InChI is InChI=1S/C25H26N2O4S/c1-18(19-12-14-21(15-13-19)32(2,29)30)26-16-25(28)27-22-10-6-7-11-24(22)31-17-23(27)20-8-4-3-5-9-20/h3-15,18,23,26H,16-17H2,1-2H3/t18-,23+/m0/s1. The molecule has 0 radical (unpaired) electrons. The van der Waals surface area contributed by atoms with Crippen LogP contribution in [0.5, 0.6) is 5.75 Å². The molecule has 7 heteroatoms. The van der Waals surface area contributed by atoms with E-state index in [2.05, 4.69) is 5.32 Å². The Balaban J connectivity index is 1.52. The van der Waals surface area contributed by atoms with Gasteiger partial charge in [-0.25, -0.2) is 8.42 Å². The van der Waals surface area contributed by atoms with E-state index in [1.54, 1.807) is 29.2 Å². The van der Waals surface area contributed by atoms with Gasteiger partial charge in [-0.15, -0.1) is 0 Å². The van der Waals surface area contributed by atoms with Gasteiger partial charge < -0.3 is 10.1 Å². The average molecular weight is 451 g/mol. The molecule has 0 saturated carbocycles. The van der Waals surface area contributed by atoms with E-state index in [0.717, 1.165) is 16.8 Å². The van der Waals surface area contributed by atoms with Gasteiger partial charge in [-0.2, -0.15) is 0 Å². The summed E-state index contributed by atoms with van der Waals surface area (Å²) in [5, 5.41) is 3.28. The van der Waals surface area contributed by atoms with E-state index in [9.17, 15) is 13.2 Å². The number of hydrogen-bond acceptors (Lipinski definition) is 5. The van der Waals surface area contributed by atoms with Gasteiger partial charge >= 0.3 is 0 Å². The second-order valence-electron chi connectivity index (χ2n) is 7.91. The first-order valence-electron chi connectivity index (χ1n) is 10.5. The Morgan fingerprint density at radius 3 is 2.38 bits per heavy atom. The number of sulfone groups is 1. The minimum atomic E-state index is -3.24. The minimum absolute atomic E-state index is 0.0609. The first-order chi connectivity index (χ1) is 15.3.